The van der Waals surface area contributed by atoms with E-state index in [1.165, 1.54) is 23.1 Å². The highest BCUT2D eigenvalue weighted by molar-refractivity contribution is 5.94. The van der Waals surface area contributed by atoms with Crippen LogP contribution >= 0.6 is 0 Å². The molecule has 0 aliphatic carbocycles. The van der Waals surface area contributed by atoms with Gasteiger partial charge in [-0.2, -0.15) is 5.10 Å². The average Bonchev–Trinajstić information content (AvgIpc) is 3.58. The van der Waals surface area contributed by atoms with Gasteiger partial charge >= 0.3 is 0 Å². The number of carbonyl (C=O) groups is 1. The molecule has 0 unspecified atom stereocenters. The summed E-state index contributed by atoms with van der Waals surface area (Å²) in [5.74, 6) is -0.0516. The Balaban J connectivity index is 1.33. The highest BCUT2D eigenvalue weighted by Gasteiger charge is 2.29. The fourth-order valence-electron chi connectivity index (χ4n) is 5.57. The molecule has 2 N–H and O–H groups in total. The SMILES string of the molecule is CCN1CCC[C@@H]1CNC(=O)c1nn(CCOC)c2c1CN(Cc1c[nH]c3ccccc13)CC2. The topological polar surface area (TPSA) is 78.4 Å². The fraction of sp³-hybridized carbons (Fsp3) is 0.538. The molecule has 3 aromatic rings. The lowest BCUT2D eigenvalue weighted by atomic mass is 10.0. The Hall–Kier alpha value is -2.68. The van der Waals surface area contributed by atoms with E-state index in [0.717, 1.165) is 56.6 Å². The van der Waals surface area contributed by atoms with Crippen LogP contribution in [0.25, 0.3) is 10.9 Å². The van der Waals surface area contributed by atoms with Gasteiger partial charge in [0.15, 0.2) is 5.69 Å². The number of likely N-dealkylation sites (N-methyl/N-ethyl adjacent to an activating group) is 1. The number of methoxy groups -OCH3 is 1. The molecule has 0 bridgehead atoms. The van der Waals surface area contributed by atoms with Crippen molar-refractivity contribution in [3.05, 3.63) is 53.0 Å². The third-order valence-corrected chi connectivity index (χ3v) is 7.41. The highest BCUT2D eigenvalue weighted by Crippen LogP contribution is 2.26. The third kappa shape index (κ3) is 4.62. The number of hydrogen-bond donors (Lipinski definition) is 2. The van der Waals surface area contributed by atoms with E-state index >= 15 is 0 Å². The van der Waals surface area contributed by atoms with E-state index in [9.17, 15) is 4.79 Å². The molecule has 8 nitrogen and oxygen atoms in total. The van der Waals surface area contributed by atoms with Crippen molar-refractivity contribution in [2.75, 3.05) is 39.9 Å². The molecule has 8 heteroatoms. The summed E-state index contributed by atoms with van der Waals surface area (Å²) in [6.45, 7) is 8.81. The largest absolute Gasteiger partial charge is 0.383 e. The van der Waals surface area contributed by atoms with E-state index in [1.54, 1.807) is 7.11 Å². The maximum Gasteiger partial charge on any atom is 0.272 e. The van der Waals surface area contributed by atoms with Crippen molar-refractivity contribution in [3.8, 4) is 0 Å². The molecular weight excluding hydrogens is 428 g/mol. The number of ether oxygens (including phenoxy) is 1. The molecule has 0 radical (unpaired) electrons. The number of H-pyrrole nitrogens is 1. The molecule has 2 aliphatic rings. The van der Waals surface area contributed by atoms with Crippen molar-refractivity contribution in [2.45, 2.75) is 51.9 Å². The summed E-state index contributed by atoms with van der Waals surface area (Å²) in [5.41, 5.74) is 5.27. The van der Waals surface area contributed by atoms with Crippen LogP contribution in [0.3, 0.4) is 0 Å². The standard InChI is InChI=1S/C26H36N6O2/c1-3-31-11-6-7-20(31)16-28-26(33)25-22-18-30(12-10-24(22)32(29-25)13-14-34-2)17-19-15-27-23-9-5-4-8-21(19)23/h4-5,8-9,15,20,27H,3,6-7,10-14,16-18H2,1-2H3,(H,28,33)/t20-/m1/s1. The number of likely N-dealkylation sites (tertiary alicyclic amines) is 1. The lowest BCUT2D eigenvalue weighted by Gasteiger charge is -2.27. The second-order valence-electron chi connectivity index (χ2n) is 9.44. The van der Waals surface area contributed by atoms with Gasteiger partial charge in [0.25, 0.3) is 5.91 Å². The molecule has 0 spiro atoms. The van der Waals surface area contributed by atoms with Gasteiger partial charge in [0.1, 0.15) is 0 Å². The summed E-state index contributed by atoms with van der Waals surface area (Å²) >= 11 is 0. The zero-order chi connectivity index (χ0) is 23.5. The summed E-state index contributed by atoms with van der Waals surface area (Å²) in [6, 6.07) is 8.85. The number of nitrogens with zero attached hydrogens (tertiary/aromatic N) is 4. The van der Waals surface area contributed by atoms with Gasteiger partial charge in [0, 0.05) is 74.1 Å². The molecule has 4 heterocycles. The molecule has 5 rings (SSSR count). The van der Waals surface area contributed by atoms with Crippen LogP contribution in [0.5, 0.6) is 0 Å². The van der Waals surface area contributed by atoms with Crippen molar-refractivity contribution in [2.24, 2.45) is 0 Å². The summed E-state index contributed by atoms with van der Waals surface area (Å²) in [7, 11) is 1.70. The molecule has 0 saturated carbocycles. The summed E-state index contributed by atoms with van der Waals surface area (Å²) in [6.07, 6.45) is 5.34. The van der Waals surface area contributed by atoms with Crippen molar-refractivity contribution in [3.63, 3.8) is 0 Å². The lowest BCUT2D eigenvalue weighted by molar-refractivity contribution is 0.0932. The van der Waals surface area contributed by atoms with E-state index < -0.39 is 0 Å². The molecule has 2 aromatic heterocycles. The van der Waals surface area contributed by atoms with Crippen LogP contribution < -0.4 is 5.32 Å². The number of aromatic nitrogens is 3. The first-order chi connectivity index (χ1) is 16.7. The zero-order valence-corrected chi connectivity index (χ0v) is 20.3. The van der Waals surface area contributed by atoms with Gasteiger partial charge in [0.2, 0.25) is 0 Å². The highest BCUT2D eigenvalue weighted by atomic mass is 16.5. The minimum atomic E-state index is -0.0516. The first-order valence-electron chi connectivity index (χ1n) is 12.5. The molecule has 182 valence electrons. The van der Waals surface area contributed by atoms with Gasteiger partial charge < -0.3 is 15.0 Å². The Morgan fingerprint density at radius 2 is 2.18 bits per heavy atom. The molecule has 1 saturated heterocycles. The van der Waals surface area contributed by atoms with Crippen LogP contribution in [0.15, 0.2) is 30.5 Å². The maximum absolute atomic E-state index is 13.3. The second-order valence-corrected chi connectivity index (χ2v) is 9.44. The van der Waals surface area contributed by atoms with Crippen LogP contribution in [0, 0.1) is 0 Å². The number of para-hydroxylation sites is 1. The lowest BCUT2D eigenvalue weighted by Crippen LogP contribution is -2.40. The quantitative estimate of drug-likeness (QED) is 0.509. The monoisotopic (exact) mass is 464 g/mol. The molecular formula is C26H36N6O2. The summed E-state index contributed by atoms with van der Waals surface area (Å²) in [5, 5.41) is 9.23. The van der Waals surface area contributed by atoms with Gasteiger partial charge in [-0.1, -0.05) is 25.1 Å². The van der Waals surface area contributed by atoms with E-state index in [-0.39, 0.29) is 5.91 Å². The second kappa shape index (κ2) is 10.3. The van der Waals surface area contributed by atoms with Gasteiger partial charge in [-0.15, -0.1) is 0 Å². The molecule has 34 heavy (non-hydrogen) atoms. The Bertz CT molecular complexity index is 1140. The van der Waals surface area contributed by atoms with Gasteiger partial charge in [-0.3, -0.25) is 19.3 Å². The number of aromatic amines is 1. The Morgan fingerprint density at radius 1 is 1.29 bits per heavy atom. The van der Waals surface area contributed by atoms with Crippen LogP contribution in [0.4, 0.5) is 0 Å². The first kappa shape index (κ1) is 23.1. The van der Waals surface area contributed by atoms with Crippen molar-refractivity contribution in [1.29, 1.82) is 0 Å². The minimum absolute atomic E-state index is 0.0516. The van der Waals surface area contributed by atoms with Crippen LogP contribution in [0.1, 0.15) is 47.1 Å². The Labute approximate surface area is 201 Å². The molecule has 1 amide bonds. The van der Waals surface area contributed by atoms with Gasteiger partial charge in [-0.25, -0.2) is 0 Å². The van der Waals surface area contributed by atoms with E-state index in [0.29, 0.717) is 31.4 Å². The predicted molar refractivity (Wildman–Crippen MR) is 133 cm³/mol. The van der Waals surface area contributed by atoms with Crippen molar-refractivity contribution >= 4 is 16.8 Å². The van der Waals surface area contributed by atoms with Crippen LogP contribution in [-0.2, 0) is 30.8 Å². The van der Waals surface area contributed by atoms with Crippen molar-refractivity contribution in [1.82, 2.24) is 29.9 Å². The summed E-state index contributed by atoms with van der Waals surface area (Å²) in [4.78, 5) is 21.6. The van der Waals surface area contributed by atoms with Crippen LogP contribution in [-0.4, -0.2) is 76.4 Å². The van der Waals surface area contributed by atoms with E-state index in [1.807, 2.05) is 4.68 Å². The molecule has 1 fully saturated rings. The van der Waals surface area contributed by atoms with E-state index in [2.05, 4.69) is 57.5 Å². The predicted octanol–water partition coefficient (Wildman–Crippen LogP) is 2.78. The number of hydrogen-bond acceptors (Lipinski definition) is 5. The normalized spacial score (nSPS) is 19.1. The van der Waals surface area contributed by atoms with Gasteiger partial charge in [0.05, 0.1) is 13.2 Å². The molecule has 2 aliphatic heterocycles. The third-order valence-electron chi connectivity index (χ3n) is 7.41. The van der Waals surface area contributed by atoms with Crippen LogP contribution in [0.2, 0.25) is 0 Å². The Morgan fingerprint density at radius 3 is 3.03 bits per heavy atom. The maximum atomic E-state index is 13.3. The van der Waals surface area contributed by atoms with Crippen molar-refractivity contribution < 1.29 is 9.53 Å². The minimum Gasteiger partial charge on any atom is -0.383 e. The first-order valence-corrected chi connectivity index (χ1v) is 12.5. The summed E-state index contributed by atoms with van der Waals surface area (Å²) < 4.78 is 7.29. The number of fused-ring (bicyclic) bond motifs is 2. The fourth-order valence-corrected chi connectivity index (χ4v) is 5.57. The Kier molecular flexibility index (Phi) is 6.99. The molecule has 1 aromatic carbocycles. The number of carbonyl (C=O) groups excluding carboxylic acids is 1. The zero-order valence-electron chi connectivity index (χ0n) is 20.3. The van der Waals surface area contributed by atoms with Gasteiger partial charge in [-0.05, 0) is 37.6 Å². The van der Waals surface area contributed by atoms with E-state index in [4.69, 9.17) is 9.84 Å². The number of nitrogens with one attached hydrogen (secondary N) is 2. The number of benzene rings is 1. The number of rotatable bonds is 9. The number of amides is 1. The smallest absolute Gasteiger partial charge is 0.272 e. The molecule has 1 atom stereocenters. The average molecular weight is 465 g/mol.